The van der Waals surface area contributed by atoms with Crippen molar-refractivity contribution in [3.63, 3.8) is 0 Å². The van der Waals surface area contributed by atoms with Crippen LogP contribution in [0.2, 0.25) is 0 Å². The Morgan fingerprint density at radius 1 is 1.00 bits per heavy atom. The average molecular weight is 265 g/mol. The van der Waals surface area contributed by atoms with Crippen molar-refractivity contribution in [1.29, 1.82) is 0 Å². The highest BCUT2D eigenvalue weighted by molar-refractivity contribution is 7.21. The highest BCUT2D eigenvalue weighted by atomic mass is 32.1. The Morgan fingerprint density at radius 3 is 2.74 bits per heavy atom. The molecule has 0 saturated heterocycles. The number of thiazole rings is 1. The van der Waals surface area contributed by atoms with Crippen LogP contribution in [-0.4, -0.2) is 14.4 Å². The average Bonchev–Trinajstić information content (AvgIpc) is 2.96. The number of aryl methyl sites for hydroxylation is 1. The summed E-state index contributed by atoms with van der Waals surface area (Å²) in [4.78, 5) is 10.3. The van der Waals surface area contributed by atoms with Crippen molar-refractivity contribution in [2.45, 2.75) is 6.92 Å². The number of benzene rings is 1. The van der Waals surface area contributed by atoms with E-state index in [9.17, 15) is 0 Å². The molecule has 0 aliphatic rings. The third-order valence-electron chi connectivity index (χ3n) is 3.25. The fraction of sp³-hybridized carbons (Fsp3) is 0.0667. The molecule has 0 N–H and O–H groups in total. The summed E-state index contributed by atoms with van der Waals surface area (Å²) in [6.07, 6.45) is 2.03. The highest BCUT2D eigenvalue weighted by Crippen LogP contribution is 2.32. The van der Waals surface area contributed by atoms with Crippen molar-refractivity contribution in [1.82, 2.24) is 14.4 Å². The van der Waals surface area contributed by atoms with Crippen LogP contribution >= 0.6 is 11.3 Å². The predicted octanol–water partition coefficient (Wildman–Crippen LogP) is 3.92. The second-order valence-electron chi connectivity index (χ2n) is 4.50. The SMILES string of the molecule is Cc1ccccc1-c1nc2nc3ccccn3c2s1. The van der Waals surface area contributed by atoms with Crippen LogP contribution in [0.1, 0.15) is 5.56 Å². The maximum atomic E-state index is 4.67. The molecule has 0 saturated carbocycles. The molecule has 0 atom stereocenters. The molecule has 0 aliphatic carbocycles. The molecule has 4 heteroatoms. The summed E-state index contributed by atoms with van der Waals surface area (Å²) in [5.74, 6) is 0. The highest BCUT2D eigenvalue weighted by Gasteiger charge is 2.12. The Morgan fingerprint density at radius 2 is 1.84 bits per heavy atom. The summed E-state index contributed by atoms with van der Waals surface area (Å²) in [7, 11) is 0. The lowest BCUT2D eigenvalue weighted by Gasteiger charge is -1.99. The second-order valence-corrected chi connectivity index (χ2v) is 5.48. The van der Waals surface area contributed by atoms with E-state index in [2.05, 4.69) is 39.5 Å². The molecule has 4 rings (SSSR count). The maximum absolute atomic E-state index is 4.67. The molecule has 3 aromatic heterocycles. The fourth-order valence-corrected chi connectivity index (χ4v) is 3.36. The predicted molar refractivity (Wildman–Crippen MR) is 78.5 cm³/mol. The normalized spacial score (nSPS) is 11.4. The number of imidazole rings is 1. The molecular weight excluding hydrogens is 254 g/mol. The minimum Gasteiger partial charge on any atom is -0.290 e. The van der Waals surface area contributed by atoms with Crippen LogP contribution in [0.4, 0.5) is 0 Å². The molecule has 0 radical (unpaired) electrons. The molecule has 0 fully saturated rings. The number of aromatic nitrogens is 3. The first-order valence-electron chi connectivity index (χ1n) is 6.12. The van der Waals surface area contributed by atoms with Crippen LogP contribution in [0.25, 0.3) is 26.7 Å². The molecule has 4 aromatic rings. The maximum Gasteiger partial charge on any atom is 0.190 e. The zero-order valence-corrected chi connectivity index (χ0v) is 11.2. The summed E-state index contributed by atoms with van der Waals surface area (Å²) in [6, 6.07) is 14.3. The van der Waals surface area contributed by atoms with E-state index >= 15 is 0 Å². The van der Waals surface area contributed by atoms with Gasteiger partial charge in [0.2, 0.25) is 0 Å². The molecular formula is C15H11N3S. The first kappa shape index (κ1) is 10.7. The van der Waals surface area contributed by atoms with Gasteiger partial charge in [-0.05, 0) is 24.6 Å². The Bertz CT molecular complexity index is 889. The Labute approximate surface area is 114 Å². The number of pyridine rings is 1. The summed E-state index contributed by atoms with van der Waals surface area (Å²) in [5.41, 5.74) is 4.21. The standard InChI is InChI=1S/C15H11N3S/c1-10-6-2-3-7-11(10)14-17-13-15(19-14)18-9-5-4-8-12(18)16-13/h2-9H,1H3. The molecule has 0 unspecified atom stereocenters. The zero-order valence-electron chi connectivity index (χ0n) is 10.4. The van der Waals surface area contributed by atoms with E-state index in [1.165, 1.54) is 11.1 Å². The van der Waals surface area contributed by atoms with E-state index in [0.717, 1.165) is 21.1 Å². The Balaban J connectivity index is 2.00. The van der Waals surface area contributed by atoms with Crippen LogP contribution in [0.3, 0.4) is 0 Å². The number of rotatable bonds is 1. The summed E-state index contributed by atoms with van der Waals surface area (Å²) in [5, 5.41) is 1.04. The molecule has 0 bridgehead atoms. The number of hydrogen-bond acceptors (Lipinski definition) is 3. The van der Waals surface area contributed by atoms with Gasteiger partial charge in [-0.2, -0.15) is 0 Å². The first-order chi connectivity index (χ1) is 9.33. The van der Waals surface area contributed by atoms with E-state index in [0.29, 0.717) is 0 Å². The van der Waals surface area contributed by atoms with Crippen molar-refractivity contribution in [2.24, 2.45) is 0 Å². The lowest BCUT2D eigenvalue weighted by molar-refractivity contribution is 1.24. The first-order valence-corrected chi connectivity index (χ1v) is 6.94. The van der Waals surface area contributed by atoms with Gasteiger partial charge in [0, 0.05) is 11.8 Å². The van der Waals surface area contributed by atoms with Gasteiger partial charge < -0.3 is 0 Å². The summed E-state index contributed by atoms with van der Waals surface area (Å²) >= 11 is 1.69. The van der Waals surface area contributed by atoms with Crippen molar-refractivity contribution in [3.05, 3.63) is 54.2 Å². The van der Waals surface area contributed by atoms with E-state index in [1.54, 1.807) is 11.3 Å². The lowest BCUT2D eigenvalue weighted by atomic mass is 10.1. The zero-order chi connectivity index (χ0) is 12.8. The molecule has 19 heavy (non-hydrogen) atoms. The number of hydrogen-bond donors (Lipinski definition) is 0. The largest absolute Gasteiger partial charge is 0.290 e. The van der Waals surface area contributed by atoms with Gasteiger partial charge in [0.1, 0.15) is 15.5 Å². The third-order valence-corrected chi connectivity index (χ3v) is 4.32. The van der Waals surface area contributed by atoms with E-state index < -0.39 is 0 Å². The molecule has 1 aromatic carbocycles. The summed E-state index contributed by atoms with van der Waals surface area (Å²) < 4.78 is 2.09. The fourth-order valence-electron chi connectivity index (χ4n) is 2.27. The van der Waals surface area contributed by atoms with Gasteiger partial charge in [0.25, 0.3) is 0 Å². The van der Waals surface area contributed by atoms with Crippen molar-refractivity contribution in [2.75, 3.05) is 0 Å². The van der Waals surface area contributed by atoms with Gasteiger partial charge >= 0.3 is 0 Å². The Kier molecular flexibility index (Phi) is 2.19. The summed E-state index contributed by atoms with van der Waals surface area (Å²) in [6.45, 7) is 2.11. The van der Waals surface area contributed by atoms with Gasteiger partial charge in [0.15, 0.2) is 5.65 Å². The van der Waals surface area contributed by atoms with E-state index in [1.807, 2.05) is 30.5 Å². The van der Waals surface area contributed by atoms with Gasteiger partial charge in [-0.1, -0.05) is 41.7 Å². The lowest BCUT2D eigenvalue weighted by Crippen LogP contribution is -1.82. The molecule has 92 valence electrons. The van der Waals surface area contributed by atoms with Gasteiger partial charge in [-0.3, -0.25) is 4.40 Å². The molecule has 0 spiro atoms. The Hall–Kier alpha value is -2.20. The molecule has 0 amide bonds. The molecule has 3 nitrogen and oxygen atoms in total. The second kappa shape index (κ2) is 3.90. The van der Waals surface area contributed by atoms with Gasteiger partial charge in [0.05, 0.1) is 0 Å². The number of fused-ring (bicyclic) bond motifs is 3. The van der Waals surface area contributed by atoms with Crippen molar-refractivity contribution in [3.8, 4) is 10.6 Å². The van der Waals surface area contributed by atoms with Crippen LogP contribution in [0, 0.1) is 6.92 Å². The number of nitrogens with zero attached hydrogens (tertiary/aromatic N) is 3. The minimum atomic E-state index is 0.828. The van der Waals surface area contributed by atoms with Crippen molar-refractivity contribution < 1.29 is 0 Å². The van der Waals surface area contributed by atoms with Gasteiger partial charge in [-0.15, -0.1) is 0 Å². The molecule has 3 heterocycles. The smallest absolute Gasteiger partial charge is 0.190 e. The minimum absolute atomic E-state index is 0.828. The topological polar surface area (TPSA) is 30.2 Å². The van der Waals surface area contributed by atoms with E-state index in [-0.39, 0.29) is 0 Å². The quantitative estimate of drug-likeness (QED) is 0.522. The molecule has 0 aliphatic heterocycles. The van der Waals surface area contributed by atoms with Crippen LogP contribution in [0.5, 0.6) is 0 Å². The van der Waals surface area contributed by atoms with Crippen molar-refractivity contribution >= 4 is 27.5 Å². The third kappa shape index (κ3) is 1.57. The van der Waals surface area contributed by atoms with E-state index in [4.69, 9.17) is 0 Å². The van der Waals surface area contributed by atoms with Crippen LogP contribution < -0.4 is 0 Å². The monoisotopic (exact) mass is 265 g/mol. The van der Waals surface area contributed by atoms with Crippen LogP contribution in [-0.2, 0) is 0 Å². The van der Waals surface area contributed by atoms with Gasteiger partial charge in [-0.25, -0.2) is 9.97 Å². The van der Waals surface area contributed by atoms with Crippen LogP contribution in [0.15, 0.2) is 48.7 Å².